The Morgan fingerprint density at radius 1 is 0.403 bits per heavy atom. The molecule has 0 aliphatic carbocycles. The van der Waals surface area contributed by atoms with Gasteiger partial charge in [0.25, 0.3) is 0 Å². The maximum atomic E-state index is 13.2. The molecule has 11 aromatic rings. The third-order valence-electron chi connectivity index (χ3n) is 25.1. The maximum Gasteiger partial charge on any atom is 0.396 e. The number of anilines is 2. The Hall–Kier alpha value is -11.5. The summed E-state index contributed by atoms with van der Waals surface area (Å²) in [5, 5.41) is 17.4. The molecule has 1 N–H and O–H groups in total. The molecule has 139 heavy (non-hydrogen) atoms. The number of esters is 1. The normalized spacial score (nSPS) is 17.3. The summed E-state index contributed by atoms with van der Waals surface area (Å²) in [6, 6.07) is 64.4. The van der Waals surface area contributed by atoms with Gasteiger partial charge in [0, 0.05) is 183 Å². The Morgan fingerprint density at radius 2 is 0.791 bits per heavy atom. The zero-order valence-electron chi connectivity index (χ0n) is 79.5. The van der Waals surface area contributed by atoms with Crippen LogP contribution in [0.3, 0.4) is 0 Å². The number of likely N-dealkylation sites (tertiary alicyclic amines) is 2. The Morgan fingerprint density at radius 3 is 1.20 bits per heavy atom. The fourth-order valence-corrected chi connectivity index (χ4v) is 24.0. The molecule has 8 aliphatic rings. The predicted molar refractivity (Wildman–Crippen MR) is 543 cm³/mol. The second-order valence-corrected chi connectivity index (χ2v) is 41.5. The largest absolute Gasteiger partial charge is 0.497 e. The minimum absolute atomic E-state index is 0.0817. The van der Waals surface area contributed by atoms with Crippen molar-refractivity contribution in [1.82, 2.24) is 64.0 Å². The van der Waals surface area contributed by atoms with Gasteiger partial charge in [-0.05, 0) is 193 Å². The molecule has 19 rings (SSSR count). The van der Waals surface area contributed by atoms with Gasteiger partial charge in [-0.2, -0.15) is 12.7 Å². The quantitative estimate of drug-likeness (QED) is 0.0516. The van der Waals surface area contributed by atoms with Gasteiger partial charge in [0.15, 0.2) is 0 Å². The van der Waals surface area contributed by atoms with Gasteiger partial charge >= 0.3 is 28.1 Å². The number of ether oxygens (including phenoxy) is 6. The smallest absolute Gasteiger partial charge is 0.396 e. The van der Waals surface area contributed by atoms with E-state index in [-0.39, 0.29) is 29.9 Å². The lowest BCUT2D eigenvalue weighted by molar-refractivity contribution is -0.158. The minimum atomic E-state index is -3.63. The third-order valence-corrected chi connectivity index (χ3v) is 32.1. The summed E-state index contributed by atoms with van der Waals surface area (Å²) < 4.78 is 72.5. The van der Waals surface area contributed by atoms with E-state index in [9.17, 15) is 32.4 Å². The number of hydrogen-bond donors (Lipinski definition) is 1. The number of piperazine rings is 1. The number of para-hydroxylation sites is 1. The topological polar surface area (TPSA) is 307 Å². The van der Waals surface area contributed by atoms with Crippen LogP contribution in [0.1, 0.15) is 126 Å². The SMILES string of the molecule is COC(=O)C(=O)N1CCSc2ccc(OC)cc2C1.COc1ccc2c(c1)CN(C(=O)CCN1CCCCC1c1nnc(Cc3ccccc3)o1)CCS2.COc1ccc2c(c1)CN(C(=O)CCN1CCCC[C@H]1c1nnc(Cc3ccccc3)o1)CCS2.COc1ccc2c(c1)CN(C(=O)N1CCN(c3ccccc3)CC1)CCS2.COc1ccc2c(c1)CN(S(=O)(=O)Nc1cccnc1)CCS2. The summed E-state index contributed by atoms with van der Waals surface area (Å²) in [6.07, 6.45) is 11.8. The molecule has 11 heterocycles. The lowest BCUT2D eigenvalue weighted by Gasteiger charge is -2.38. The Balaban J connectivity index is 0.000000134. The van der Waals surface area contributed by atoms with Crippen molar-refractivity contribution in [3.63, 3.8) is 0 Å². The highest BCUT2D eigenvalue weighted by Gasteiger charge is 2.35. The number of piperidine rings is 2. The van der Waals surface area contributed by atoms with E-state index in [2.05, 4.69) is 134 Å². The molecule has 0 radical (unpaired) electrons. The van der Waals surface area contributed by atoms with Crippen molar-refractivity contribution < 1.29 is 69.6 Å². The molecule has 36 heteroatoms. The molecule has 0 saturated carbocycles. The highest BCUT2D eigenvalue weighted by atomic mass is 32.2. The summed E-state index contributed by atoms with van der Waals surface area (Å²) in [4.78, 5) is 89.1. The zero-order chi connectivity index (χ0) is 96.8. The highest BCUT2D eigenvalue weighted by Crippen LogP contribution is 2.40. The van der Waals surface area contributed by atoms with E-state index in [1.807, 2.05) is 152 Å². The van der Waals surface area contributed by atoms with Crippen molar-refractivity contribution in [3.8, 4) is 28.7 Å². The summed E-state index contributed by atoms with van der Waals surface area (Å²) in [7, 11) is 5.82. The second-order valence-electron chi connectivity index (χ2n) is 34.1. The minimum Gasteiger partial charge on any atom is -0.497 e. The Kier molecular flexibility index (Phi) is 37.5. The number of urea groups is 1. The molecular weight excluding hydrogens is 1880 g/mol. The lowest BCUT2D eigenvalue weighted by atomic mass is 10.0. The molecule has 5 amide bonds. The van der Waals surface area contributed by atoms with Gasteiger partial charge in [-0.1, -0.05) is 91.7 Å². The van der Waals surface area contributed by atoms with Crippen LogP contribution in [0.4, 0.5) is 16.2 Å². The molecule has 1 unspecified atom stereocenters. The van der Waals surface area contributed by atoms with Gasteiger partial charge in [-0.15, -0.1) is 79.2 Å². The number of nitrogens with zero attached hydrogens (tertiary/aromatic N) is 14. The highest BCUT2D eigenvalue weighted by molar-refractivity contribution is 8.00. The number of carbonyl (C=O) groups is 5. The van der Waals surface area contributed by atoms with E-state index in [4.69, 9.17) is 32.5 Å². The number of amides is 5. The summed E-state index contributed by atoms with van der Waals surface area (Å²) >= 11 is 8.76. The molecule has 0 spiro atoms. The van der Waals surface area contributed by atoms with Crippen molar-refractivity contribution in [2.45, 2.75) is 133 Å². The van der Waals surface area contributed by atoms with Crippen LogP contribution in [-0.2, 0) is 79.7 Å². The second kappa shape index (κ2) is 51.1. The van der Waals surface area contributed by atoms with E-state index in [0.29, 0.717) is 120 Å². The molecule has 0 bridgehead atoms. The first-order valence-electron chi connectivity index (χ1n) is 47.0. The fraction of sp³-hybridized carbons (Fsp3) is 0.398. The van der Waals surface area contributed by atoms with Crippen LogP contribution in [0.5, 0.6) is 28.7 Å². The number of rotatable bonds is 21. The molecule has 3 saturated heterocycles. The van der Waals surface area contributed by atoms with Gasteiger partial charge < -0.3 is 66.7 Å². The molecule has 30 nitrogen and oxygen atoms in total. The van der Waals surface area contributed by atoms with Gasteiger partial charge in [0.05, 0.1) is 79.5 Å². The van der Waals surface area contributed by atoms with E-state index < -0.39 is 22.1 Å². The maximum absolute atomic E-state index is 13.2. The van der Waals surface area contributed by atoms with Crippen LogP contribution >= 0.6 is 58.8 Å². The first-order chi connectivity index (χ1) is 67.9. The molecule has 8 aromatic carbocycles. The van der Waals surface area contributed by atoms with Crippen molar-refractivity contribution in [1.29, 1.82) is 0 Å². The summed E-state index contributed by atoms with van der Waals surface area (Å²) in [5.41, 5.74) is 9.43. The van der Waals surface area contributed by atoms with Gasteiger partial charge in [0.1, 0.15) is 28.7 Å². The van der Waals surface area contributed by atoms with Crippen molar-refractivity contribution in [2.75, 3.05) is 166 Å². The number of fused-ring (bicyclic) bond motifs is 5. The van der Waals surface area contributed by atoms with Crippen LogP contribution < -0.4 is 33.3 Å². The number of methoxy groups -OCH3 is 6. The average Bonchev–Trinajstić information content (AvgIpc) is 1.73. The van der Waals surface area contributed by atoms with Crippen LogP contribution in [0.15, 0.2) is 240 Å². The fourth-order valence-electron chi connectivity index (χ4n) is 17.6. The van der Waals surface area contributed by atoms with Crippen LogP contribution in [0.2, 0.25) is 0 Å². The third kappa shape index (κ3) is 28.5. The summed E-state index contributed by atoms with van der Waals surface area (Å²) in [6.45, 7) is 12.5. The molecule has 8 aliphatic heterocycles. The molecule has 734 valence electrons. The lowest BCUT2D eigenvalue weighted by Crippen LogP contribution is -2.53. The summed E-state index contributed by atoms with van der Waals surface area (Å²) in [5.74, 6) is 9.78. The monoisotopic (exact) mass is 2000 g/mol. The number of hydrogen-bond acceptors (Lipinski definition) is 28. The molecule has 3 aromatic heterocycles. The van der Waals surface area contributed by atoms with E-state index in [1.54, 1.807) is 77.4 Å². The van der Waals surface area contributed by atoms with Gasteiger partial charge in [-0.3, -0.25) is 33.9 Å². The first-order valence-corrected chi connectivity index (χ1v) is 53.4. The number of pyridine rings is 1. The van der Waals surface area contributed by atoms with E-state index in [0.717, 1.165) is 192 Å². The predicted octanol–water partition coefficient (Wildman–Crippen LogP) is 16.6. The number of carbonyl (C=O) groups excluding carboxylic acids is 5. The standard InChI is InChI=1S/2C27H32N4O3S.C21H25N3O2S.C15H17N3O3S2.C13H15NO4S/c2*1-33-22-10-11-24-21(18-22)19-31(15-16-35-24)26(32)12-14-30-13-6-5-9-23(30)27-29-28-25(34-27)17-20-7-3-2-4-8-20;1-26-19-7-8-20-17(15-19)16-24(13-14-27-20)21(25)23-11-9-22(10-12-23)18-5-3-2-4-6-18;1-21-14-4-5-15-12(9-14)11-18(7-8-22-15)23(19,20)17-13-3-2-6-16-10-13;1-17-10-3-4-11-9(7-10)8-14(5-6-19-11)12(15)13(16)18-2/h2*2-4,7-8,10-11,18,23H,5-6,9,12-17,19H2,1H3;2-8,15H,9-14,16H2,1H3;2-6,9-10,17H,7-8,11H2,1H3;3-4,7H,5-6,8H2,1-2H3/t23-;;;;/m0..../s1. The average molecular weight is 2000 g/mol. The number of aromatic nitrogens is 5. The molecule has 3 fully saturated rings. The van der Waals surface area contributed by atoms with Gasteiger partial charge in [-0.25, -0.2) is 9.59 Å². The number of thioether (sulfide) groups is 5. The van der Waals surface area contributed by atoms with Crippen molar-refractivity contribution in [2.24, 2.45) is 0 Å². The Bertz CT molecular complexity index is 5820. The molecular formula is C103H121N15O15S6. The van der Waals surface area contributed by atoms with Crippen LogP contribution in [-0.4, -0.2) is 259 Å². The van der Waals surface area contributed by atoms with Gasteiger partial charge in [0.2, 0.25) is 35.4 Å². The van der Waals surface area contributed by atoms with Crippen LogP contribution in [0, 0.1) is 0 Å². The van der Waals surface area contributed by atoms with Crippen molar-refractivity contribution in [3.05, 3.63) is 269 Å². The zero-order valence-corrected chi connectivity index (χ0v) is 84.4. The van der Waals surface area contributed by atoms with Crippen LogP contribution in [0.25, 0.3) is 0 Å². The van der Waals surface area contributed by atoms with E-state index >= 15 is 0 Å². The van der Waals surface area contributed by atoms with Crippen molar-refractivity contribution >= 4 is 110 Å². The first kappa shape index (κ1) is 102. The number of nitrogens with one attached hydrogen (secondary N) is 1. The van der Waals surface area contributed by atoms with E-state index in [1.165, 1.54) is 48.4 Å². The Labute approximate surface area is 835 Å². The number of benzene rings is 8. The molecule has 2 atom stereocenters.